The van der Waals surface area contributed by atoms with Crippen LogP contribution in [0.2, 0.25) is 0 Å². The fourth-order valence-electron chi connectivity index (χ4n) is 5.54. The second-order valence-corrected chi connectivity index (χ2v) is 7.45. The number of hydrogen-bond acceptors (Lipinski definition) is 3. The molecule has 1 heterocycles. The van der Waals surface area contributed by atoms with E-state index in [1.807, 2.05) is 11.8 Å². The van der Waals surface area contributed by atoms with Crippen molar-refractivity contribution in [3.05, 3.63) is 29.3 Å². The lowest BCUT2D eigenvalue weighted by atomic mass is 9.52. The maximum Gasteiger partial charge on any atom is 0.410 e. The summed E-state index contributed by atoms with van der Waals surface area (Å²) in [7, 11) is 1.74. The molecule has 1 saturated carbocycles. The zero-order chi connectivity index (χ0) is 16.7. The van der Waals surface area contributed by atoms with Crippen LogP contribution in [0.5, 0.6) is 5.75 Å². The molecular formula is C20H27NO3. The van der Waals surface area contributed by atoms with E-state index in [-0.39, 0.29) is 11.5 Å². The molecule has 3 aliphatic rings. The van der Waals surface area contributed by atoms with Crippen molar-refractivity contribution in [1.82, 2.24) is 4.90 Å². The molecule has 0 aromatic heterocycles. The summed E-state index contributed by atoms with van der Waals surface area (Å²) >= 11 is 0. The molecule has 3 atom stereocenters. The van der Waals surface area contributed by atoms with E-state index in [0.717, 1.165) is 25.1 Å². The van der Waals surface area contributed by atoms with Crippen LogP contribution in [-0.4, -0.2) is 37.3 Å². The van der Waals surface area contributed by atoms with Crippen molar-refractivity contribution < 1.29 is 14.3 Å². The number of rotatable bonds is 2. The Labute approximate surface area is 144 Å². The van der Waals surface area contributed by atoms with Crippen LogP contribution in [-0.2, 0) is 16.6 Å². The van der Waals surface area contributed by atoms with Gasteiger partial charge in [-0.05, 0) is 61.8 Å². The Morgan fingerprint density at radius 3 is 3.00 bits per heavy atom. The van der Waals surface area contributed by atoms with Crippen molar-refractivity contribution in [2.45, 2.75) is 56.9 Å². The topological polar surface area (TPSA) is 38.8 Å². The van der Waals surface area contributed by atoms with Gasteiger partial charge in [-0.25, -0.2) is 4.79 Å². The monoisotopic (exact) mass is 329 g/mol. The standard InChI is InChI=1S/C20H27NO3/c1-3-24-19(22)21-11-10-20-9-5-4-6-16(20)18(21)12-14-7-8-15(23-2)13-17(14)20/h7-8,13,16,18H,3-6,9-12H2,1-2H3/t16-,18+,20-/m1/s1. The van der Waals surface area contributed by atoms with Gasteiger partial charge in [0.25, 0.3) is 0 Å². The van der Waals surface area contributed by atoms with E-state index in [1.54, 1.807) is 7.11 Å². The average molecular weight is 329 g/mol. The van der Waals surface area contributed by atoms with Crippen LogP contribution in [0, 0.1) is 5.92 Å². The molecule has 0 radical (unpaired) electrons. The van der Waals surface area contributed by atoms with E-state index in [4.69, 9.17) is 9.47 Å². The lowest BCUT2D eigenvalue weighted by Crippen LogP contribution is -2.62. The number of fused-ring (bicyclic) bond motifs is 1. The Hall–Kier alpha value is -1.71. The van der Waals surface area contributed by atoms with Gasteiger partial charge in [0.05, 0.1) is 13.7 Å². The van der Waals surface area contributed by atoms with Gasteiger partial charge in [-0.3, -0.25) is 0 Å². The Balaban J connectivity index is 1.77. The van der Waals surface area contributed by atoms with Gasteiger partial charge in [0.1, 0.15) is 5.75 Å². The van der Waals surface area contributed by atoms with Crippen molar-refractivity contribution >= 4 is 6.09 Å². The van der Waals surface area contributed by atoms with Gasteiger partial charge in [-0.1, -0.05) is 18.9 Å². The van der Waals surface area contributed by atoms with Gasteiger partial charge < -0.3 is 14.4 Å². The summed E-state index contributed by atoms with van der Waals surface area (Å²) in [4.78, 5) is 14.5. The molecule has 24 heavy (non-hydrogen) atoms. The van der Waals surface area contributed by atoms with Crippen LogP contribution in [0.1, 0.15) is 50.2 Å². The molecule has 4 nitrogen and oxygen atoms in total. The summed E-state index contributed by atoms with van der Waals surface area (Å²) in [6.45, 7) is 3.15. The minimum atomic E-state index is -0.126. The largest absolute Gasteiger partial charge is 0.497 e. The third kappa shape index (κ3) is 2.22. The molecule has 130 valence electrons. The maximum atomic E-state index is 12.5. The first-order valence-corrected chi connectivity index (χ1v) is 9.30. The van der Waals surface area contributed by atoms with Gasteiger partial charge >= 0.3 is 6.09 Å². The highest BCUT2D eigenvalue weighted by Gasteiger charge is 2.55. The average Bonchev–Trinajstić information content (AvgIpc) is 2.61. The molecule has 2 fully saturated rings. The molecule has 0 N–H and O–H groups in total. The number of nitrogens with zero attached hydrogens (tertiary/aromatic N) is 1. The van der Waals surface area contributed by atoms with Crippen LogP contribution < -0.4 is 4.74 Å². The molecule has 1 amide bonds. The fourth-order valence-corrected chi connectivity index (χ4v) is 5.54. The van der Waals surface area contributed by atoms with Crippen molar-refractivity contribution in [2.24, 2.45) is 5.92 Å². The van der Waals surface area contributed by atoms with Crippen molar-refractivity contribution in [3.8, 4) is 5.75 Å². The Morgan fingerprint density at radius 2 is 2.21 bits per heavy atom. The number of likely N-dealkylation sites (tertiary alicyclic amines) is 1. The van der Waals surface area contributed by atoms with E-state index < -0.39 is 0 Å². The van der Waals surface area contributed by atoms with Crippen molar-refractivity contribution in [3.63, 3.8) is 0 Å². The predicted octanol–water partition coefficient (Wildman–Crippen LogP) is 3.91. The number of methoxy groups -OCH3 is 1. The highest BCUT2D eigenvalue weighted by molar-refractivity contribution is 5.69. The van der Waals surface area contributed by atoms with Gasteiger partial charge in [0.2, 0.25) is 0 Å². The molecular weight excluding hydrogens is 302 g/mol. The molecule has 0 spiro atoms. The highest BCUT2D eigenvalue weighted by Crippen LogP contribution is 2.56. The third-order valence-corrected chi connectivity index (χ3v) is 6.55. The second-order valence-electron chi connectivity index (χ2n) is 7.45. The summed E-state index contributed by atoms with van der Waals surface area (Å²) in [6.07, 6.45) is 6.90. The molecule has 1 aliphatic heterocycles. The van der Waals surface area contributed by atoms with Crippen LogP contribution in [0.25, 0.3) is 0 Å². The molecule has 1 aromatic carbocycles. The van der Waals surface area contributed by atoms with Gasteiger partial charge in [0.15, 0.2) is 0 Å². The summed E-state index contributed by atoms with van der Waals surface area (Å²) in [5.41, 5.74) is 3.12. The zero-order valence-corrected chi connectivity index (χ0v) is 14.7. The molecule has 4 rings (SSSR count). The van der Waals surface area contributed by atoms with Gasteiger partial charge in [-0.2, -0.15) is 0 Å². The number of carbonyl (C=O) groups is 1. The third-order valence-electron chi connectivity index (χ3n) is 6.55. The Bertz CT molecular complexity index is 644. The summed E-state index contributed by atoms with van der Waals surface area (Å²) in [5.74, 6) is 1.52. The molecule has 2 aliphatic carbocycles. The molecule has 4 heteroatoms. The van der Waals surface area contributed by atoms with Crippen LogP contribution in [0.15, 0.2) is 18.2 Å². The van der Waals surface area contributed by atoms with Crippen LogP contribution >= 0.6 is 0 Å². The number of hydrogen-bond donors (Lipinski definition) is 0. The first-order chi connectivity index (χ1) is 11.7. The van der Waals surface area contributed by atoms with E-state index in [2.05, 4.69) is 18.2 Å². The minimum absolute atomic E-state index is 0.126. The van der Waals surface area contributed by atoms with E-state index in [9.17, 15) is 4.79 Å². The Morgan fingerprint density at radius 1 is 1.33 bits per heavy atom. The van der Waals surface area contributed by atoms with Crippen LogP contribution in [0.3, 0.4) is 0 Å². The number of benzene rings is 1. The first-order valence-electron chi connectivity index (χ1n) is 9.30. The first kappa shape index (κ1) is 15.8. The van der Waals surface area contributed by atoms with Crippen molar-refractivity contribution in [1.29, 1.82) is 0 Å². The van der Waals surface area contributed by atoms with E-state index >= 15 is 0 Å². The van der Waals surface area contributed by atoms with Gasteiger partial charge in [0, 0.05) is 18.0 Å². The quantitative estimate of drug-likeness (QED) is 0.826. The second kappa shape index (κ2) is 5.98. The maximum absolute atomic E-state index is 12.5. The van der Waals surface area contributed by atoms with Gasteiger partial charge in [-0.15, -0.1) is 0 Å². The molecule has 1 saturated heterocycles. The SMILES string of the molecule is CCOC(=O)N1CC[C@]23CCCC[C@@H]2[C@@H]1Cc1ccc(OC)cc13. The lowest BCUT2D eigenvalue weighted by molar-refractivity contribution is -0.0110. The van der Waals surface area contributed by atoms with Crippen molar-refractivity contribution in [2.75, 3.05) is 20.3 Å². The molecule has 2 bridgehead atoms. The Kier molecular flexibility index (Phi) is 3.93. The lowest BCUT2D eigenvalue weighted by Gasteiger charge is -2.58. The summed E-state index contributed by atoms with van der Waals surface area (Å²) < 4.78 is 10.8. The highest BCUT2D eigenvalue weighted by atomic mass is 16.6. The number of piperidine rings is 1. The summed E-state index contributed by atoms with van der Waals surface area (Å²) in [5, 5.41) is 0. The number of amides is 1. The van der Waals surface area contributed by atoms with Crippen LogP contribution in [0.4, 0.5) is 4.79 Å². The summed E-state index contributed by atoms with van der Waals surface area (Å²) in [6, 6.07) is 6.83. The number of ether oxygens (including phenoxy) is 2. The predicted molar refractivity (Wildman–Crippen MR) is 92.5 cm³/mol. The zero-order valence-electron chi connectivity index (χ0n) is 14.7. The van der Waals surface area contributed by atoms with E-state index in [0.29, 0.717) is 18.6 Å². The normalized spacial score (nSPS) is 31.0. The fraction of sp³-hybridized carbons (Fsp3) is 0.650. The molecule has 1 aromatic rings. The smallest absolute Gasteiger partial charge is 0.410 e. The molecule has 0 unspecified atom stereocenters. The minimum Gasteiger partial charge on any atom is -0.497 e. The number of carbonyl (C=O) groups excluding carboxylic acids is 1. The van der Waals surface area contributed by atoms with E-state index in [1.165, 1.54) is 36.8 Å².